The molecule has 4 aromatic rings. The first kappa shape index (κ1) is 21.8. The number of rotatable bonds is 8. The number of nitrogens with zero attached hydrogens (tertiary/aromatic N) is 7. The van der Waals surface area contributed by atoms with Crippen molar-refractivity contribution in [3.05, 3.63) is 60.3 Å². The van der Waals surface area contributed by atoms with Crippen LogP contribution in [-0.2, 0) is 0 Å². The van der Waals surface area contributed by atoms with Crippen LogP contribution < -0.4 is 9.47 Å². The molecule has 0 unspecified atom stereocenters. The molecule has 1 saturated carbocycles. The van der Waals surface area contributed by atoms with Gasteiger partial charge in [0.2, 0.25) is 11.7 Å². The SMILES string of the molecule is COc1ccc([C@H]2C[C@@H]2COc2nc(C)ncc2-c2ccc(-c3nnn(C(F)F)n3)cc2)nc1. The molecule has 2 atom stereocenters. The number of pyridine rings is 1. The second-order valence-electron chi connectivity index (χ2n) is 7.96. The Bertz CT molecular complexity index is 1280. The van der Waals surface area contributed by atoms with Crippen molar-refractivity contribution >= 4 is 0 Å². The Morgan fingerprint density at radius 2 is 1.85 bits per heavy atom. The fourth-order valence-corrected chi connectivity index (χ4v) is 3.69. The monoisotopic (exact) mass is 465 g/mol. The van der Waals surface area contributed by atoms with Crippen LogP contribution in [0, 0.1) is 12.8 Å². The van der Waals surface area contributed by atoms with Crippen LogP contribution in [0.25, 0.3) is 22.5 Å². The predicted octanol–water partition coefficient (Wildman–Crippen LogP) is 4.09. The van der Waals surface area contributed by atoms with E-state index in [4.69, 9.17) is 9.47 Å². The zero-order valence-electron chi connectivity index (χ0n) is 18.5. The molecular weight excluding hydrogens is 444 g/mol. The zero-order valence-corrected chi connectivity index (χ0v) is 18.5. The van der Waals surface area contributed by atoms with Gasteiger partial charge in [-0.25, -0.2) is 4.98 Å². The van der Waals surface area contributed by atoms with Crippen LogP contribution >= 0.6 is 0 Å². The summed E-state index contributed by atoms with van der Waals surface area (Å²) in [5, 5.41) is 10.7. The summed E-state index contributed by atoms with van der Waals surface area (Å²) in [6.07, 6.45) is 4.44. The maximum atomic E-state index is 12.7. The summed E-state index contributed by atoms with van der Waals surface area (Å²) in [6, 6.07) is 11.0. The van der Waals surface area contributed by atoms with E-state index < -0.39 is 6.55 Å². The van der Waals surface area contributed by atoms with Crippen molar-refractivity contribution in [2.24, 2.45) is 5.92 Å². The van der Waals surface area contributed by atoms with Gasteiger partial charge >= 0.3 is 6.55 Å². The number of hydrogen-bond donors (Lipinski definition) is 0. The van der Waals surface area contributed by atoms with Gasteiger partial charge in [-0.2, -0.15) is 13.8 Å². The number of tetrazole rings is 1. The van der Waals surface area contributed by atoms with Crippen LogP contribution in [0.2, 0.25) is 0 Å². The second kappa shape index (κ2) is 9.08. The van der Waals surface area contributed by atoms with Crippen molar-refractivity contribution in [1.82, 2.24) is 35.2 Å². The van der Waals surface area contributed by atoms with Crippen LogP contribution in [0.1, 0.15) is 30.4 Å². The van der Waals surface area contributed by atoms with Gasteiger partial charge in [0.25, 0.3) is 0 Å². The highest BCUT2D eigenvalue weighted by molar-refractivity contribution is 5.70. The van der Waals surface area contributed by atoms with Gasteiger partial charge in [-0.1, -0.05) is 29.1 Å². The predicted molar refractivity (Wildman–Crippen MR) is 117 cm³/mol. The molecule has 0 spiro atoms. The van der Waals surface area contributed by atoms with Crippen LogP contribution in [0.15, 0.2) is 48.8 Å². The quantitative estimate of drug-likeness (QED) is 0.384. The Labute approximate surface area is 193 Å². The number of aryl methyl sites for hydroxylation is 1. The number of hydrogen-bond acceptors (Lipinski definition) is 8. The number of alkyl halides is 2. The smallest absolute Gasteiger partial charge is 0.350 e. The first-order valence-corrected chi connectivity index (χ1v) is 10.7. The standard InChI is InChI=1S/C23H21F2N7O2/c1-13-26-11-19(14-3-5-15(6-4-14)21-29-31-32(30-21)23(24)25)22(28-13)34-12-16-9-18(16)20-8-7-17(33-2)10-27-20/h3-8,10-11,16,18,23H,9,12H2,1-2H3/t16-,18+/m1/s1. The van der Waals surface area contributed by atoms with Gasteiger partial charge in [0.15, 0.2) is 0 Å². The largest absolute Gasteiger partial charge is 0.495 e. The van der Waals surface area contributed by atoms with Crippen molar-refractivity contribution in [1.29, 1.82) is 0 Å². The summed E-state index contributed by atoms with van der Waals surface area (Å²) >= 11 is 0. The van der Waals surface area contributed by atoms with Gasteiger partial charge in [0.05, 0.1) is 25.5 Å². The van der Waals surface area contributed by atoms with Crippen LogP contribution in [0.3, 0.4) is 0 Å². The fraction of sp³-hybridized carbons (Fsp3) is 0.304. The Kier molecular flexibility index (Phi) is 5.83. The minimum atomic E-state index is -2.84. The maximum absolute atomic E-state index is 12.7. The average Bonchev–Trinajstić information content (AvgIpc) is 3.46. The molecule has 1 fully saturated rings. The molecule has 5 rings (SSSR count). The summed E-state index contributed by atoms with van der Waals surface area (Å²) in [5.41, 5.74) is 3.16. The molecule has 0 bridgehead atoms. The van der Waals surface area contributed by atoms with Gasteiger partial charge in [0, 0.05) is 29.3 Å². The molecule has 174 valence electrons. The van der Waals surface area contributed by atoms with E-state index in [1.807, 2.05) is 24.3 Å². The molecule has 34 heavy (non-hydrogen) atoms. The van der Waals surface area contributed by atoms with E-state index in [2.05, 4.69) is 30.4 Å². The Hall–Kier alpha value is -4.02. The third-order valence-corrected chi connectivity index (χ3v) is 5.66. The first-order chi connectivity index (χ1) is 16.5. The lowest BCUT2D eigenvalue weighted by atomic mass is 10.1. The van der Waals surface area contributed by atoms with Crippen LogP contribution in [-0.4, -0.2) is 48.9 Å². The first-order valence-electron chi connectivity index (χ1n) is 10.7. The lowest BCUT2D eigenvalue weighted by Gasteiger charge is -2.11. The Morgan fingerprint density at radius 3 is 2.53 bits per heavy atom. The average molecular weight is 465 g/mol. The Balaban J connectivity index is 1.29. The van der Waals surface area contributed by atoms with Gasteiger partial charge in [-0.3, -0.25) is 4.98 Å². The van der Waals surface area contributed by atoms with E-state index in [9.17, 15) is 8.78 Å². The van der Waals surface area contributed by atoms with Crippen molar-refractivity contribution in [2.45, 2.75) is 25.8 Å². The van der Waals surface area contributed by atoms with Gasteiger partial charge in [-0.15, -0.1) is 10.2 Å². The molecule has 3 heterocycles. The number of methoxy groups -OCH3 is 1. The molecule has 9 nitrogen and oxygen atoms in total. The van der Waals surface area contributed by atoms with Crippen LogP contribution in [0.4, 0.5) is 8.78 Å². The number of ether oxygens (including phenoxy) is 2. The summed E-state index contributed by atoms with van der Waals surface area (Å²) in [6.45, 7) is -0.518. The molecule has 1 aromatic carbocycles. The second-order valence-corrected chi connectivity index (χ2v) is 7.96. The van der Waals surface area contributed by atoms with Gasteiger partial charge in [0.1, 0.15) is 11.6 Å². The molecule has 1 aliphatic rings. The van der Waals surface area contributed by atoms with E-state index in [1.165, 1.54) is 0 Å². The van der Waals surface area contributed by atoms with Crippen molar-refractivity contribution < 1.29 is 18.3 Å². The summed E-state index contributed by atoms with van der Waals surface area (Å²) in [7, 11) is 1.62. The fourth-order valence-electron chi connectivity index (χ4n) is 3.69. The Morgan fingerprint density at radius 1 is 1.06 bits per heavy atom. The summed E-state index contributed by atoms with van der Waals surface area (Å²) in [4.78, 5) is 13.5. The van der Waals surface area contributed by atoms with E-state index in [1.54, 1.807) is 38.6 Å². The zero-order chi connectivity index (χ0) is 23.7. The van der Waals surface area contributed by atoms with E-state index in [-0.39, 0.29) is 10.6 Å². The minimum absolute atomic E-state index is 0.121. The molecule has 11 heteroatoms. The maximum Gasteiger partial charge on any atom is 0.350 e. The van der Waals surface area contributed by atoms with Crippen molar-refractivity contribution in [2.75, 3.05) is 13.7 Å². The molecule has 0 amide bonds. The van der Waals surface area contributed by atoms with E-state index >= 15 is 0 Å². The number of halogens is 2. The molecule has 0 aliphatic heterocycles. The summed E-state index contributed by atoms with van der Waals surface area (Å²) in [5.74, 6) is 2.66. The van der Waals surface area contributed by atoms with E-state index in [0.717, 1.165) is 29.0 Å². The summed E-state index contributed by atoms with van der Waals surface area (Å²) < 4.78 is 36.7. The molecule has 0 radical (unpaired) electrons. The molecule has 1 aliphatic carbocycles. The number of aromatic nitrogens is 7. The number of benzene rings is 1. The third-order valence-electron chi connectivity index (χ3n) is 5.66. The molecule has 0 N–H and O–H groups in total. The molecule has 0 saturated heterocycles. The lowest BCUT2D eigenvalue weighted by molar-refractivity contribution is 0.0397. The van der Waals surface area contributed by atoms with E-state index in [0.29, 0.717) is 35.7 Å². The van der Waals surface area contributed by atoms with Gasteiger partial charge in [-0.05, 0) is 36.3 Å². The van der Waals surface area contributed by atoms with Crippen molar-refractivity contribution in [3.63, 3.8) is 0 Å². The highest BCUT2D eigenvalue weighted by Gasteiger charge is 2.40. The molecular formula is C23H21F2N7O2. The van der Waals surface area contributed by atoms with Crippen molar-refractivity contribution in [3.8, 4) is 34.1 Å². The molecule has 3 aromatic heterocycles. The highest BCUT2D eigenvalue weighted by atomic mass is 19.3. The highest BCUT2D eigenvalue weighted by Crippen LogP contribution is 2.47. The lowest BCUT2D eigenvalue weighted by Crippen LogP contribution is -2.05. The third kappa shape index (κ3) is 4.54. The van der Waals surface area contributed by atoms with Crippen LogP contribution in [0.5, 0.6) is 11.6 Å². The minimum Gasteiger partial charge on any atom is -0.495 e. The van der Waals surface area contributed by atoms with Gasteiger partial charge < -0.3 is 9.47 Å². The normalized spacial score (nSPS) is 17.1. The topological polar surface area (TPSA) is 101 Å².